The molecule has 2 N–H and O–H groups in total. The van der Waals surface area contributed by atoms with Crippen LogP contribution in [0.3, 0.4) is 0 Å². The summed E-state index contributed by atoms with van der Waals surface area (Å²) in [5.41, 5.74) is 0.574. The molecule has 2 aromatic rings. The lowest BCUT2D eigenvalue weighted by Crippen LogP contribution is -2.35. The van der Waals surface area contributed by atoms with Crippen LogP contribution in [0.25, 0.3) is 10.6 Å². The highest BCUT2D eigenvalue weighted by Crippen LogP contribution is 2.25. The molecule has 0 atom stereocenters. The van der Waals surface area contributed by atoms with Crippen LogP contribution in [-0.4, -0.2) is 36.7 Å². The van der Waals surface area contributed by atoms with Crippen LogP contribution < -0.4 is 10.6 Å². The van der Waals surface area contributed by atoms with Gasteiger partial charge < -0.3 is 15.4 Å². The molecule has 2 rings (SSSR count). The van der Waals surface area contributed by atoms with Crippen LogP contribution >= 0.6 is 11.3 Å². The first-order valence-electron chi connectivity index (χ1n) is 7.01. The Morgan fingerprint density at radius 1 is 1.26 bits per heavy atom. The van der Waals surface area contributed by atoms with Crippen molar-refractivity contribution in [3.63, 3.8) is 0 Å². The van der Waals surface area contributed by atoms with Crippen LogP contribution in [0.15, 0.2) is 29.6 Å². The number of benzene rings is 1. The number of nitrogens with one attached hydrogen (secondary N) is 2. The third-order valence-corrected chi connectivity index (χ3v) is 3.67. The van der Waals surface area contributed by atoms with E-state index >= 15 is 0 Å². The van der Waals surface area contributed by atoms with Crippen molar-refractivity contribution in [2.75, 3.05) is 19.7 Å². The second-order valence-corrected chi connectivity index (χ2v) is 5.28. The molecule has 0 bridgehead atoms. The molecule has 0 radical (unpaired) electrons. The highest BCUT2D eigenvalue weighted by molar-refractivity contribution is 7.13. The molecule has 0 fully saturated rings. The minimum atomic E-state index is -0.530. The molecular weight excluding hydrogens is 321 g/mol. The average molecular weight is 337 g/mol. The Bertz CT molecular complexity index is 690. The summed E-state index contributed by atoms with van der Waals surface area (Å²) in [7, 11) is 0. The van der Waals surface area contributed by atoms with Crippen molar-refractivity contribution in [1.29, 1.82) is 0 Å². The van der Waals surface area contributed by atoms with Crippen LogP contribution in [-0.2, 0) is 4.74 Å². The maximum atomic E-state index is 13.7. The molecular formula is C15H16FN3O3S. The maximum Gasteiger partial charge on any atom is 0.407 e. The third-order valence-electron chi connectivity index (χ3n) is 2.80. The van der Waals surface area contributed by atoms with Gasteiger partial charge in [-0.25, -0.2) is 14.2 Å². The van der Waals surface area contributed by atoms with Gasteiger partial charge in [0.2, 0.25) is 0 Å². The van der Waals surface area contributed by atoms with Crippen LogP contribution in [0.2, 0.25) is 0 Å². The molecule has 0 saturated heterocycles. The molecule has 23 heavy (non-hydrogen) atoms. The van der Waals surface area contributed by atoms with Crippen molar-refractivity contribution in [3.8, 4) is 10.6 Å². The van der Waals surface area contributed by atoms with E-state index in [1.807, 2.05) is 0 Å². The van der Waals surface area contributed by atoms with Gasteiger partial charge in [0.1, 0.15) is 16.5 Å². The Morgan fingerprint density at radius 3 is 2.74 bits per heavy atom. The van der Waals surface area contributed by atoms with Crippen LogP contribution in [0.1, 0.15) is 17.4 Å². The predicted octanol–water partition coefficient (Wildman–Crippen LogP) is 2.43. The summed E-state index contributed by atoms with van der Waals surface area (Å²) in [4.78, 5) is 27.1. The molecule has 0 spiro atoms. The molecule has 1 heterocycles. The van der Waals surface area contributed by atoms with Crippen molar-refractivity contribution in [3.05, 3.63) is 41.2 Å². The highest BCUT2D eigenvalue weighted by atomic mass is 32.1. The summed E-state index contributed by atoms with van der Waals surface area (Å²) in [6.07, 6.45) is -0.530. The number of amides is 2. The fourth-order valence-corrected chi connectivity index (χ4v) is 2.58. The van der Waals surface area contributed by atoms with Gasteiger partial charge >= 0.3 is 6.09 Å². The quantitative estimate of drug-likeness (QED) is 0.794. The van der Waals surface area contributed by atoms with E-state index in [0.29, 0.717) is 10.6 Å². The van der Waals surface area contributed by atoms with Crippen molar-refractivity contribution >= 4 is 23.3 Å². The molecule has 0 unspecified atom stereocenters. The van der Waals surface area contributed by atoms with Gasteiger partial charge in [-0.15, -0.1) is 11.3 Å². The molecule has 1 aromatic heterocycles. The summed E-state index contributed by atoms with van der Waals surface area (Å²) in [6.45, 7) is 2.48. The lowest BCUT2D eigenvalue weighted by atomic mass is 10.2. The van der Waals surface area contributed by atoms with Gasteiger partial charge in [-0.2, -0.15) is 0 Å². The van der Waals surface area contributed by atoms with Crippen molar-refractivity contribution < 1.29 is 18.7 Å². The number of ether oxygens (including phenoxy) is 1. The zero-order valence-electron chi connectivity index (χ0n) is 12.5. The van der Waals surface area contributed by atoms with Crippen LogP contribution in [0, 0.1) is 5.82 Å². The zero-order valence-corrected chi connectivity index (χ0v) is 13.3. The van der Waals surface area contributed by atoms with E-state index in [4.69, 9.17) is 0 Å². The zero-order chi connectivity index (χ0) is 16.7. The number of aromatic nitrogens is 1. The van der Waals surface area contributed by atoms with Gasteiger partial charge in [0, 0.05) is 24.0 Å². The van der Waals surface area contributed by atoms with E-state index in [2.05, 4.69) is 20.4 Å². The SMILES string of the molecule is CCOC(=O)NCCNC(=O)c1csc(-c2ccccc2F)n1. The lowest BCUT2D eigenvalue weighted by molar-refractivity contribution is 0.0948. The monoisotopic (exact) mass is 337 g/mol. The average Bonchev–Trinajstić information content (AvgIpc) is 3.02. The third kappa shape index (κ3) is 4.75. The fourth-order valence-electron chi connectivity index (χ4n) is 1.75. The van der Waals surface area contributed by atoms with Crippen molar-refractivity contribution in [1.82, 2.24) is 15.6 Å². The van der Waals surface area contributed by atoms with Gasteiger partial charge in [-0.1, -0.05) is 12.1 Å². The van der Waals surface area contributed by atoms with E-state index in [0.717, 1.165) is 0 Å². The second kappa shape index (κ2) is 8.23. The molecule has 0 aliphatic heterocycles. The highest BCUT2D eigenvalue weighted by Gasteiger charge is 2.13. The van der Waals surface area contributed by atoms with Gasteiger partial charge in [0.15, 0.2) is 0 Å². The number of hydrogen-bond acceptors (Lipinski definition) is 5. The fraction of sp³-hybridized carbons (Fsp3) is 0.267. The van der Waals surface area contributed by atoms with Crippen LogP contribution in [0.5, 0.6) is 0 Å². The summed E-state index contributed by atoms with van der Waals surface area (Å²) in [5.74, 6) is -0.762. The number of rotatable bonds is 6. The number of carbonyl (C=O) groups excluding carboxylic acids is 2. The smallest absolute Gasteiger partial charge is 0.407 e. The number of carbonyl (C=O) groups is 2. The Balaban J connectivity index is 1.87. The predicted molar refractivity (Wildman–Crippen MR) is 84.9 cm³/mol. The number of hydrogen-bond donors (Lipinski definition) is 2. The first-order chi connectivity index (χ1) is 11.1. The van der Waals surface area contributed by atoms with E-state index < -0.39 is 6.09 Å². The standard InChI is InChI=1S/C15H16FN3O3S/c1-2-22-15(21)18-8-7-17-13(20)12-9-23-14(19-12)10-5-3-4-6-11(10)16/h3-6,9H,2,7-8H2,1H3,(H,17,20)(H,18,21). The first-order valence-corrected chi connectivity index (χ1v) is 7.89. The first kappa shape index (κ1) is 16.9. The molecule has 0 saturated carbocycles. The molecule has 1 aromatic carbocycles. The minimum Gasteiger partial charge on any atom is -0.450 e. The molecule has 2 amide bonds. The molecule has 0 aliphatic rings. The second-order valence-electron chi connectivity index (χ2n) is 4.42. The maximum absolute atomic E-state index is 13.7. The Morgan fingerprint density at radius 2 is 2.00 bits per heavy atom. The van der Waals surface area contributed by atoms with E-state index in [-0.39, 0.29) is 37.1 Å². The number of thiazole rings is 1. The largest absolute Gasteiger partial charge is 0.450 e. The molecule has 8 heteroatoms. The summed E-state index contributed by atoms with van der Waals surface area (Å²) < 4.78 is 18.4. The number of alkyl carbamates (subject to hydrolysis) is 1. The Kier molecular flexibility index (Phi) is 6.04. The van der Waals surface area contributed by atoms with Gasteiger partial charge in [0.25, 0.3) is 5.91 Å². The van der Waals surface area contributed by atoms with E-state index in [1.165, 1.54) is 17.4 Å². The summed E-state index contributed by atoms with van der Waals surface area (Å²) in [6, 6.07) is 6.26. The van der Waals surface area contributed by atoms with Gasteiger partial charge in [0.05, 0.1) is 6.61 Å². The molecule has 0 aliphatic carbocycles. The van der Waals surface area contributed by atoms with Gasteiger partial charge in [-0.3, -0.25) is 4.79 Å². The van der Waals surface area contributed by atoms with Crippen molar-refractivity contribution in [2.45, 2.75) is 6.92 Å². The summed E-state index contributed by atoms with van der Waals surface area (Å²) in [5, 5.41) is 7.11. The minimum absolute atomic E-state index is 0.212. The molecule has 6 nitrogen and oxygen atoms in total. The van der Waals surface area contributed by atoms with Gasteiger partial charge in [-0.05, 0) is 19.1 Å². The van der Waals surface area contributed by atoms with Crippen LogP contribution in [0.4, 0.5) is 9.18 Å². The summed E-state index contributed by atoms with van der Waals surface area (Å²) >= 11 is 1.19. The Hall–Kier alpha value is -2.48. The topological polar surface area (TPSA) is 80.3 Å². The molecule has 122 valence electrons. The number of nitrogens with zero attached hydrogens (tertiary/aromatic N) is 1. The lowest BCUT2D eigenvalue weighted by Gasteiger charge is -2.05. The number of halogens is 1. The van der Waals surface area contributed by atoms with Crippen molar-refractivity contribution in [2.24, 2.45) is 0 Å². The van der Waals surface area contributed by atoms with E-state index in [9.17, 15) is 14.0 Å². The Labute approximate surface area is 136 Å². The normalized spacial score (nSPS) is 10.2. The van der Waals surface area contributed by atoms with E-state index in [1.54, 1.807) is 30.5 Å².